The summed E-state index contributed by atoms with van der Waals surface area (Å²) < 4.78 is 6.08. The third kappa shape index (κ3) is 3.54. The van der Waals surface area contributed by atoms with Crippen molar-refractivity contribution >= 4 is 44.5 Å². The van der Waals surface area contributed by atoms with Gasteiger partial charge in [-0.3, -0.25) is 0 Å². The maximum atomic E-state index is 12.4. The molecule has 0 saturated carbocycles. The number of phenolic OH excluding ortho intramolecular Hbond substituents is 1. The van der Waals surface area contributed by atoms with Gasteiger partial charge in [0.15, 0.2) is 0 Å². The summed E-state index contributed by atoms with van der Waals surface area (Å²) in [6, 6.07) is 5.16. The predicted octanol–water partition coefficient (Wildman–Crippen LogP) is 5.02. The van der Waals surface area contributed by atoms with Gasteiger partial charge in [-0.05, 0) is 56.4 Å². The van der Waals surface area contributed by atoms with E-state index in [1.807, 2.05) is 0 Å². The van der Waals surface area contributed by atoms with Crippen LogP contribution in [-0.2, 0) is 17.6 Å². The number of ether oxygens (including phenoxy) is 1. The quantitative estimate of drug-likeness (QED) is 0.571. The Bertz CT molecular complexity index is 798. The minimum Gasteiger partial charge on any atom is -0.507 e. The molecule has 6 heteroatoms. The molecule has 1 aliphatic rings. The second-order valence-electron chi connectivity index (χ2n) is 5.57. The van der Waals surface area contributed by atoms with Crippen LogP contribution in [0.3, 0.4) is 0 Å². The summed E-state index contributed by atoms with van der Waals surface area (Å²) in [7, 11) is 0. The first-order chi connectivity index (χ1) is 11.6. The number of aromatic hydroxyl groups is 1. The molecule has 4 nitrogen and oxygen atoms in total. The molecule has 0 radical (unpaired) electrons. The number of carbonyl (C=O) groups excluding carboxylic acids is 1. The monoisotopic (exact) mass is 407 g/mol. The first-order valence-electron chi connectivity index (χ1n) is 7.94. The average Bonchev–Trinajstić information content (AvgIpc) is 2.94. The van der Waals surface area contributed by atoms with Crippen LogP contribution in [0.15, 0.2) is 27.7 Å². The van der Waals surface area contributed by atoms with Crippen LogP contribution in [0.1, 0.15) is 46.1 Å². The van der Waals surface area contributed by atoms with Crippen molar-refractivity contribution in [2.24, 2.45) is 4.99 Å². The molecule has 0 atom stereocenters. The van der Waals surface area contributed by atoms with E-state index in [-0.39, 0.29) is 11.7 Å². The maximum absolute atomic E-state index is 12.4. The highest BCUT2D eigenvalue weighted by Crippen LogP contribution is 2.40. The maximum Gasteiger partial charge on any atom is 0.341 e. The van der Waals surface area contributed by atoms with Crippen molar-refractivity contribution in [3.63, 3.8) is 0 Å². The van der Waals surface area contributed by atoms with Crippen LogP contribution >= 0.6 is 27.3 Å². The number of benzene rings is 1. The van der Waals surface area contributed by atoms with Crippen LogP contribution in [0.2, 0.25) is 0 Å². The Morgan fingerprint density at radius 1 is 1.42 bits per heavy atom. The van der Waals surface area contributed by atoms with E-state index in [0.29, 0.717) is 22.7 Å². The number of hydrogen-bond donors (Lipinski definition) is 1. The highest BCUT2D eigenvalue weighted by atomic mass is 79.9. The fraction of sp³-hybridized carbons (Fsp3) is 0.333. The Morgan fingerprint density at radius 3 is 3.00 bits per heavy atom. The number of fused-ring (bicyclic) bond motifs is 1. The van der Waals surface area contributed by atoms with Crippen molar-refractivity contribution in [3.8, 4) is 5.75 Å². The van der Waals surface area contributed by atoms with Gasteiger partial charge in [0.1, 0.15) is 10.8 Å². The molecule has 1 aromatic heterocycles. The van der Waals surface area contributed by atoms with Gasteiger partial charge >= 0.3 is 5.97 Å². The molecule has 2 aromatic rings. The van der Waals surface area contributed by atoms with Gasteiger partial charge in [-0.1, -0.05) is 15.9 Å². The van der Waals surface area contributed by atoms with Gasteiger partial charge in [0.25, 0.3) is 0 Å². The number of nitrogens with zero attached hydrogens (tertiary/aromatic N) is 1. The zero-order chi connectivity index (χ0) is 17.1. The first-order valence-corrected chi connectivity index (χ1v) is 9.55. The highest BCUT2D eigenvalue weighted by molar-refractivity contribution is 9.10. The summed E-state index contributed by atoms with van der Waals surface area (Å²) in [6.45, 7) is 2.15. The molecule has 0 amide bonds. The second kappa shape index (κ2) is 7.49. The van der Waals surface area contributed by atoms with E-state index in [2.05, 4.69) is 20.9 Å². The summed E-state index contributed by atoms with van der Waals surface area (Å²) >= 11 is 4.94. The smallest absolute Gasteiger partial charge is 0.341 e. The first kappa shape index (κ1) is 17.2. The van der Waals surface area contributed by atoms with Gasteiger partial charge in [-0.15, -0.1) is 11.3 Å². The van der Waals surface area contributed by atoms with E-state index >= 15 is 0 Å². The zero-order valence-electron chi connectivity index (χ0n) is 13.3. The topological polar surface area (TPSA) is 58.9 Å². The van der Waals surface area contributed by atoms with Crippen molar-refractivity contribution in [1.82, 2.24) is 0 Å². The summed E-state index contributed by atoms with van der Waals surface area (Å²) in [6.07, 6.45) is 5.72. The molecular formula is C18H18BrNO3S. The van der Waals surface area contributed by atoms with Crippen LogP contribution in [0.25, 0.3) is 0 Å². The fourth-order valence-electron chi connectivity index (χ4n) is 2.81. The number of halogens is 1. The van der Waals surface area contributed by atoms with E-state index in [9.17, 15) is 9.90 Å². The number of thiophene rings is 1. The molecule has 1 aliphatic carbocycles. The molecule has 0 aliphatic heterocycles. The largest absolute Gasteiger partial charge is 0.507 e. The van der Waals surface area contributed by atoms with Crippen molar-refractivity contribution in [2.75, 3.05) is 6.61 Å². The summed E-state index contributed by atoms with van der Waals surface area (Å²) in [4.78, 5) is 18.1. The lowest BCUT2D eigenvalue weighted by atomic mass is 9.95. The number of aryl methyl sites for hydroxylation is 1. The Hall–Kier alpha value is -1.66. The third-order valence-electron chi connectivity index (χ3n) is 3.94. The number of aliphatic imine (C=N–C) groups is 1. The van der Waals surface area contributed by atoms with E-state index < -0.39 is 0 Å². The molecule has 1 N–H and O–H groups in total. The SMILES string of the molecule is CCOC(=O)c1c(/N=C/c2cc(Br)ccc2O)sc2c1CCCC2. The zero-order valence-corrected chi connectivity index (χ0v) is 15.7. The lowest BCUT2D eigenvalue weighted by Crippen LogP contribution is -2.09. The van der Waals surface area contributed by atoms with Gasteiger partial charge in [0, 0.05) is 21.1 Å². The van der Waals surface area contributed by atoms with Gasteiger partial charge in [0.2, 0.25) is 0 Å². The molecule has 0 unspecified atom stereocenters. The number of phenols is 1. The van der Waals surface area contributed by atoms with Crippen LogP contribution < -0.4 is 0 Å². The van der Waals surface area contributed by atoms with Crippen molar-refractivity contribution in [2.45, 2.75) is 32.6 Å². The Labute approximate surface area is 153 Å². The molecule has 126 valence electrons. The van der Waals surface area contributed by atoms with Crippen LogP contribution in [0, 0.1) is 0 Å². The molecule has 0 bridgehead atoms. The minimum absolute atomic E-state index is 0.154. The molecule has 24 heavy (non-hydrogen) atoms. The lowest BCUT2D eigenvalue weighted by Gasteiger charge is -2.11. The number of hydrogen-bond acceptors (Lipinski definition) is 5. The van der Waals surface area contributed by atoms with Gasteiger partial charge < -0.3 is 9.84 Å². The lowest BCUT2D eigenvalue weighted by molar-refractivity contribution is 0.0526. The molecule has 0 saturated heterocycles. The van der Waals surface area contributed by atoms with Gasteiger partial charge in [-0.2, -0.15) is 0 Å². The third-order valence-corrected chi connectivity index (χ3v) is 5.64. The van der Waals surface area contributed by atoms with Crippen LogP contribution in [-0.4, -0.2) is 23.9 Å². The van der Waals surface area contributed by atoms with Gasteiger partial charge in [0.05, 0.1) is 12.2 Å². The molecule has 1 aromatic carbocycles. The number of carbonyl (C=O) groups is 1. The molecule has 3 rings (SSSR count). The minimum atomic E-state index is -0.303. The molecular weight excluding hydrogens is 390 g/mol. The van der Waals surface area contributed by atoms with E-state index in [1.165, 1.54) is 4.88 Å². The Morgan fingerprint density at radius 2 is 2.21 bits per heavy atom. The average molecular weight is 408 g/mol. The number of rotatable bonds is 4. The normalized spacial score (nSPS) is 13.9. The van der Waals surface area contributed by atoms with Crippen molar-refractivity contribution < 1.29 is 14.6 Å². The molecule has 0 spiro atoms. The van der Waals surface area contributed by atoms with Gasteiger partial charge in [-0.25, -0.2) is 9.79 Å². The van der Waals surface area contributed by atoms with Crippen molar-refractivity contribution in [3.05, 3.63) is 44.2 Å². The van der Waals surface area contributed by atoms with E-state index in [0.717, 1.165) is 35.7 Å². The van der Waals surface area contributed by atoms with Crippen LogP contribution in [0.4, 0.5) is 5.00 Å². The fourth-order valence-corrected chi connectivity index (χ4v) is 4.41. The summed E-state index contributed by atoms with van der Waals surface area (Å²) in [5, 5.41) is 10.6. The van der Waals surface area contributed by atoms with E-state index in [1.54, 1.807) is 42.7 Å². The predicted molar refractivity (Wildman–Crippen MR) is 100.0 cm³/mol. The number of esters is 1. The standard InChI is InChI=1S/C18H18BrNO3S/c1-2-23-18(22)16-13-5-3-4-6-15(13)24-17(16)20-10-11-9-12(19)7-8-14(11)21/h7-10,21H,2-6H2,1H3/b20-10+. The van der Waals surface area contributed by atoms with E-state index in [4.69, 9.17) is 4.74 Å². The Kier molecular flexibility index (Phi) is 5.36. The van der Waals surface area contributed by atoms with Crippen LogP contribution in [0.5, 0.6) is 5.75 Å². The highest BCUT2D eigenvalue weighted by Gasteiger charge is 2.26. The van der Waals surface area contributed by atoms with Crippen molar-refractivity contribution in [1.29, 1.82) is 0 Å². The Balaban J connectivity index is 2.00. The molecule has 1 heterocycles. The summed E-state index contributed by atoms with van der Waals surface area (Å²) in [5.74, 6) is -0.150. The molecule has 0 fully saturated rings. The second-order valence-corrected chi connectivity index (χ2v) is 7.57. The summed E-state index contributed by atoms with van der Waals surface area (Å²) in [5.41, 5.74) is 2.29.